The molecule has 8 nitrogen and oxygen atoms in total. The molecule has 30 heavy (non-hydrogen) atoms. The van der Waals surface area contributed by atoms with E-state index in [4.69, 9.17) is 4.11 Å². The van der Waals surface area contributed by atoms with Crippen LogP contribution in [0.15, 0.2) is 35.3 Å². The van der Waals surface area contributed by atoms with Crippen molar-refractivity contribution in [2.75, 3.05) is 38.1 Å². The van der Waals surface area contributed by atoms with Gasteiger partial charge in [0.05, 0.1) is 22.4 Å². The van der Waals surface area contributed by atoms with Crippen molar-refractivity contribution in [3.05, 3.63) is 63.3 Å². The lowest BCUT2D eigenvalue weighted by molar-refractivity contribution is 0.0958. The van der Waals surface area contributed by atoms with Crippen molar-refractivity contribution < 1.29 is 8.91 Å². The Bertz CT molecular complexity index is 1250. The van der Waals surface area contributed by atoms with Gasteiger partial charge in [-0.25, -0.2) is 4.98 Å². The lowest BCUT2D eigenvalue weighted by atomic mass is 10.1. The van der Waals surface area contributed by atoms with Gasteiger partial charge in [0.1, 0.15) is 5.69 Å². The van der Waals surface area contributed by atoms with E-state index in [-0.39, 0.29) is 11.3 Å². The number of fused-ring (bicyclic) bond motifs is 1. The van der Waals surface area contributed by atoms with Crippen LogP contribution in [0.5, 0.6) is 0 Å². The van der Waals surface area contributed by atoms with Crippen molar-refractivity contribution in [1.82, 2.24) is 25.2 Å². The standard InChI is InChI=1S/C22H26N6O2/c1-14-10-18-19(26-21(14)29)11-16(12-24-18)13-27-6-8-28(9-7-27)20-5-4-17(22(30)23-3)25-15(20)2/h4-5,10-12H,6-9,13H2,1-3H3,(H,23,30)(H,26,29)/i3D3. The first-order valence-corrected chi connectivity index (χ1v) is 9.85. The molecule has 0 aliphatic carbocycles. The molecular weight excluding hydrogens is 380 g/mol. The molecule has 1 aliphatic rings. The number of H-pyrrole nitrogens is 1. The van der Waals surface area contributed by atoms with Gasteiger partial charge >= 0.3 is 0 Å². The Labute approximate surface area is 179 Å². The molecule has 3 aromatic rings. The Hall–Kier alpha value is -3.26. The van der Waals surface area contributed by atoms with Gasteiger partial charge in [-0.3, -0.25) is 19.5 Å². The van der Waals surface area contributed by atoms with E-state index in [0.29, 0.717) is 11.3 Å². The Morgan fingerprint density at radius 1 is 1.23 bits per heavy atom. The molecule has 1 fully saturated rings. The third-order valence-electron chi connectivity index (χ3n) is 5.46. The summed E-state index contributed by atoms with van der Waals surface area (Å²) in [6.45, 7) is 5.03. The second kappa shape index (κ2) is 8.23. The number of carbonyl (C=O) groups excluding carboxylic acids is 1. The summed E-state index contributed by atoms with van der Waals surface area (Å²) in [5.74, 6) is -0.713. The first kappa shape index (κ1) is 16.5. The van der Waals surface area contributed by atoms with Gasteiger partial charge in [-0.15, -0.1) is 0 Å². The van der Waals surface area contributed by atoms with Crippen molar-refractivity contribution in [3.8, 4) is 0 Å². The van der Waals surface area contributed by atoms with Crippen LogP contribution in [-0.4, -0.2) is 58.9 Å². The topological polar surface area (TPSA) is 94.2 Å². The first-order chi connectivity index (χ1) is 15.6. The van der Waals surface area contributed by atoms with E-state index in [1.54, 1.807) is 19.1 Å². The highest BCUT2D eigenvalue weighted by Crippen LogP contribution is 2.21. The summed E-state index contributed by atoms with van der Waals surface area (Å²) < 4.78 is 21.5. The number of carbonyl (C=O) groups is 1. The number of hydrogen-bond donors (Lipinski definition) is 2. The fraction of sp³-hybridized carbons (Fsp3) is 0.364. The Morgan fingerprint density at radius 2 is 2.03 bits per heavy atom. The van der Waals surface area contributed by atoms with Crippen LogP contribution in [0.2, 0.25) is 0 Å². The zero-order valence-electron chi connectivity index (χ0n) is 20.0. The molecule has 0 aromatic carbocycles. The summed E-state index contributed by atoms with van der Waals surface area (Å²) >= 11 is 0. The molecule has 0 unspecified atom stereocenters. The highest BCUT2D eigenvalue weighted by molar-refractivity contribution is 5.92. The van der Waals surface area contributed by atoms with Gasteiger partial charge in [0.15, 0.2) is 0 Å². The number of pyridine rings is 3. The number of aromatic amines is 1. The largest absolute Gasteiger partial charge is 0.368 e. The van der Waals surface area contributed by atoms with Crippen molar-refractivity contribution in [2.24, 2.45) is 0 Å². The lowest BCUT2D eigenvalue weighted by Gasteiger charge is -2.36. The SMILES string of the molecule is [2H]C([2H])([2H])NC(=O)c1ccc(N2CCN(Cc3cnc4cc(C)c(=O)[nH]c4c3)CC2)c(C)n1. The third-order valence-corrected chi connectivity index (χ3v) is 5.46. The van der Waals surface area contributed by atoms with Crippen LogP contribution in [0, 0.1) is 13.8 Å². The molecule has 1 amide bonds. The number of hydrogen-bond acceptors (Lipinski definition) is 6. The maximum Gasteiger partial charge on any atom is 0.269 e. The molecule has 4 rings (SSSR count). The van der Waals surface area contributed by atoms with E-state index in [2.05, 4.69) is 24.8 Å². The monoisotopic (exact) mass is 409 g/mol. The number of amides is 1. The minimum Gasteiger partial charge on any atom is -0.368 e. The highest BCUT2D eigenvalue weighted by Gasteiger charge is 2.20. The average Bonchev–Trinajstić information content (AvgIpc) is 2.74. The Balaban J connectivity index is 1.39. The highest BCUT2D eigenvalue weighted by atomic mass is 16.1. The number of rotatable bonds is 4. The Kier molecular flexibility index (Phi) is 4.54. The van der Waals surface area contributed by atoms with Gasteiger partial charge in [0.25, 0.3) is 11.5 Å². The number of aryl methyl sites for hydroxylation is 2. The van der Waals surface area contributed by atoms with Crippen LogP contribution < -0.4 is 15.8 Å². The molecule has 0 bridgehead atoms. The maximum atomic E-state index is 12.1. The predicted octanol–water partition coefficient (Wildman–Crippen LogP) is 1.62. The van der Waals surface area contributed by atoms with Crippen molar-refractivity contribution in [1.29, 1.82) is 0 Å². The van der Waals surface area contributed by atoms with Crippen LogP contribution >= 0.6 is 0 Å². The minimum absolute atomic E-state index is 0.0862. The summed E-state index contributed by atoms with van der Waals surface area (Å²) in [6.07, 6.45) is 1.85. The molecule has 0 atom stereocenters. The molecule has 156 valence electrons. The minimum atomic E-state index is -2.55. The van der Waals surface area contributed by atoms with Gasteiger partial charge in [0, 0.05) is 55.6 Å². The zero-order chi connectivity index (χ0) is 23.8. The third kappa shape index (κ3) is 4.04. The summed E-state index contributed by atoms with van der Waals surface area (Å²) in [5.41, 5.74) is 4.81. The fourth-order valence-corrected chi connectivity index (χ4v) is 3.80. The van der Waals surface area contributed by atoms with Gasteiger partial charge in [-0.2, -0.15) is 0 Å². The van der Waals surface area contributed by atoms with Gasteiger partial charge < -0.3 is 15.2 Å². The van der Waals surface area contributed by atoms with E-state index >= 15 is 0 Å². The van der Waals surface area contributed by atoms with E-state index in [0.717, 1.165) is 55.0 Å². The van der Waals surface area contributed by atoms with Crippen molar-refractivity contribution in [3.63, 3.8) is 0 Å². The summed E-state index contributed by atoms with van der Waals surface area (Å²) in [4.78, 5) is 40.2. The molecule has 1 aliphatic heterocycles. The summed E-state index contributed by atoms with van der Waals surface area (Å²) in [6, 6.07) is 7.15. The molecule has 8 heteroatoms. The second-order valence-electron chi connectivity index (χ2n) is 7.58. The number of aromatic nitrogens is 3. The van der Waals surface area contributed by atoms with Gasteiger partial charge in [-0.05, 0) is 43.7 Å². The average molecular weight is 410 g/mol. The quantitative estimate of drug-likeness (QED) is 0.680. The molecule has 3 aromatic heterocycles. The molecule has 0 radical (unpaired) electrons. The smallest absolute Gasteiger partial charge is 0.269 e. The summed E-state index contributed by atoms with van der Waals surface area (Å²) in [5, 5.41) is 1.96. The first-order valence-electron chi connectivity index (χ1n) is 11.3. The summed E-state index contributed by atoms with van der Waals surface area (Å²) in [7, 11) is 0. The Morgan fingerprint density at radius 3 is 2.77 bits per heavy atom. The molecule has 1 saturated heterocycles. The van der Waals surface area contributed by atoms with E-state index in [9.17, 15) is 9.59 Å². The number of nitrogens with one attached hydrogen (secondary N) is 2. The van der Waals surface area contributed by atoms with E-state index in [1.165, 1.54) is 0 Å². The zero-order valence-corrected chi connectivity index (χ0v) is 17.0. The number of anilines is 1. The molecule has 0 spiro atoms. The maximum absolute atomic E-state index is 12.1. The van der Waals surface area contributed by atoms with Crippen molar-refractivity contribution in [2.45, 2.75) is 20.4 Å². The molecule has 2 N–H and O–H groups in total. The van der Waals surface area contributed by atoms with Crippen molar-refractivity contribution >= 4 is 22.6 Å². The van der Waals surface area contributed by atoms with Gasteiger partial charge in [0.2, 0.25) is 0 Å². The van der Waals surface area contributed by atoms with Crippen LogP contribution in [0.4, 0.5) is 5.69 Å². The molecular formula is C22H26N6O2. The van der Waals surface area contributed by atoms with Gasteiger partial charge in [-0.1, -0.05) is 0 Å². The van der Waals surface area contributed by atoms with Crippen LogP contribution in [0.3, 0.4) is 0 Å². The second-order valence-corrected chi connectivity index (χ2v) is 7.58. The molecule has 0 saturated carbocycles. The predicted molar refractivity (Wildman–Crippen MR) is 117 cm³/mol. The molecule has 4 heterocycles. The number of nitrogens with zero attached hydrogens (tertiary/aromatic N) is 4. The van der Waals surface area contributed by atoms with Crippen LogP contribution in [-0.2, 0) is 6.54 Å². The fourth-order valence-electron chi connectivity index (χ4n) is 3.80. The van der Waals surface area contributed by atoms with Crippen LogP contribution in [0.1, 0.15) is 31.4 Å². The lowest BCUT2D eigenvalue weighted by Crippen LogP contribution is -2.46. The number of piperazine rings is 1. The normalized spacial score (nSPS) is 16.7. The van der Waals surface area contributed by atoms with Crippen LogP contribution in [0.25, 0.3) is 11.0 Å². The van der Waals surface area contributed by atoms with E-state index in [1.807, 2.05) is 30.6 Å². The van der Waals surface area contributed by atoms with E-state index < -0.39 is 12.9 Å².